The van der Waals surface area contributed by atoms with Crippen LogP contribution in [-0.2, 0) is 12.8 Å². The Morgan fingerprint density at radius 2 is 2.14 bits per heavy atom. The van der Waals surface area contributed by atoms with Gasteiger partial charge in [-0.3, -0.25) is 4.90 Å². The highest BCUT2D eigenvalue weighted by Gasteiger charge is 2.22. The predicted molar refractivity (Wildman–Crippen MR) is 90.0 cm³/mol. The van der Waals surface area contributed by atoms with E-state index in [9.17, 15) is 0 Å². The van der Waals surface area contributed by atoms with Crippen LogP contribution in [0.25, 0.3) is 0 Å². The first-order valence-electron chi connectivity index (χ1n) is 7.99. The molecule has 0 unspecified atom stereocenters. The molecule has 114 valence electrons. The van der Waals surface area contributed by atoms with Crippen LogP contribution in [0.3, 0.4) is 0 Å². The van der Waals surface area contributed by atoms with Crippen molar-refractivity contribution in [3.63, 3.8) is 0 Å². The Morgan fingerprint density at radius 1 is 1.33 bits per heavy atom. The molecular weight excluding hydrogens is 280 g/mol. The average molecular weight is 304 g/mol. The first-order chi connectivity index (χ1) is 10.2. The summed E-state index contributed by atoms with van der Waals surface area (Å²) in [6.07, 6.45) is 7.37. The molecule has 1 aliphatic heterocycles. The second-order valence-electron chi connectivity index (χ2n) is 6.17. The van der Waals surface area contributed by atoms with E-state index in [1.165, 1.54) is 36.8 Å². The Balaban J connectivity index is 1.61. The Bertz CT molecular complexity index is 512. The number of benzene rings is 1. The van der Waals surface area contributed by atoms with Gasteiger partial charge in [-0.1, -0.05) is 37.2 Å². The summed E-state index contributed by atoms with van der Waals surface area (Å²) in [6.45, 7) is 2.63. The maximum Gasteiger partial charge on any atom is 0.122 e. The van der Waals surface area contributed by atoms with Gasteiger partial charge in [0.15, 0.2) is 0 Å². The lowest BCUT2D eigenvalue weighted by molar-refractivity contribution is 0.230. The zero-order chi connectivity index (χ0) is 14.7. The van der Waals surface area contributed by atoms with Gasteiger partial charge in [-0.05, 0) is 36.5 Å². The summed E-state index contributed by atoms with van der Waals surface area (Å²) in [4.78, 5) is 3.10. The van der Waals surface area contributed by atoms with E-state index in [-0.39, 0.29) is 0 Å². The molecule has 1 aromatic carbocycles. The molecule has 3 rings (SSSR count). The molecule has 0 radical (unpaired) electrons. The number of ether oxygens (including phenoxy) is 1. The van der Waals surface area contributed by atoms with Crippen LogP contribution in [0.15, 0.2) is 18.2 Å². The van der Waals surface area contributed by atoms with Crippen molar-refractivity contribution in [3.8, 4) is 5.75 Å². The fraction of sp³-hybridized carbons (Fsp3) is 0.588. The van der Waals surface area contributed by atoms with Crippen LogP contribution in [-0.4, -0.2) is 35.6 Å². The van der Waals surface area contributed by atoms with Crippen molar-refractivity contribution in [1.29, 1.82) is 0 Å². The third-order valence-corrected chi connectivity index (χ3v) is 4.77. The molecule has 0 bridgehead atoms. The molecule has 1 fully saturated rings. The Hall–Kier alpha value is -1.13. The van der Waals surface area contributed by atoms with E-state index in [0.717, 1.165) is 38.3 Å². The number of nitrogens with zero attached hydrogens (tertiary/aromatic N) is 1. The molecule has 0 atom stereocenters. The van der Waals surface area contributed by atoms with Crippen LogP contribution in [0.4, 0.5) is 0 Å². The molecule has 0 amide bonds. The monoisotopic (exact) mass is 304 g/mol. The number of fused-ring (bicyclic) bond motifs is 1. The van der Waals surface area contributed by atoms with Gasteiger partial charge >= 0.3 is 0 Å². The summed E-state index contributed by atoms with van der Waals surface area (Å²) in [5, 5.41) is 0. The summed E-state index contributed by atoms with van der Waals surface area (Å²) >= 11 is 5.12. The van der Waals surface area contributed by atoms with E-state index >= 15 is 0 Å². The van der Waals surface area contributed by atoms with Gasteiger partial charge in [-0.25, -0.2) is 0 Å². The molecule has 21 heavy (non-hydrogen) atoms. The van der Waals surface area contributed by atoms with Crippen molar-refractivity contribution in [2.45, 2.75) is 44.6 Å². The van der Waals surface area contributed by atoms with E-state index in [0.29, 0.717) is 11.0 Å². The van der Waals surface area contributed by atoms with Crippen molar-refractivity contribution >= 4 is 17.2 Å². The first-order valence-corrected chi connectivity index (χ1v) is 8.40. The van der Waals surface area contributed by atoms with Crippen LogP contribution in [0.2, 0.25) is 0 Å². The average Bonchev–Trinajstić information content (AvgIpc) is 3.13. The molecule has 4 heteroatoms. The summed E-state index contributed by atoms with van der Waals surface area (Å²) in [7, 11) is 0. The molecule has 1 saturated carbocycles. The van der Waals surface area contributed by atoms with Crippen LogP contribution >= 0.6 is 12.2 Å². The Labute approximate surface area is 132 Å². The Kier molecular flexibility index (Phi) is 4.76. The SMILES string of the molecule is NC(=S)CN(CCc1ccc2c(c1)CCO2)C1CCCC1. The van der Waals surface area contributed by atoms with E-state index in [2.05, 4.69) is 23.1 Å². The number of nitrogens with two attached hydrogens (primary N) is 1. The van der Waals surface area contributed by atoms with Crippen molar-refractivity contribution < 1.29 is 4.74 Å². The molecule has 1 aromatic rings. The van der Waals surface area contributed by atoms with Crippen molar-refractivity contribution in [2.75, 3.05) is 19.7 Å². The highest BCUT2D eigenvalue weighted by molar-refractivity contribution is 7.80. The zero-order valence-corrected chi connectivity index (χ0v) is 13.3. The van der Waals surface area contributed by atoms with Crippen molar-refractivity contribution in [2.24, 2.45) is 5.73 Å². The normalized spacial score (nSPS) is 18.0. The number of thiocarbonyl (C=S) groups is 1. The highest BCUT2D eigenvalue weighted by atomic mass is 32.1. The van der Waals surface area contributed by atoms with Gasteiger partial charge < -0.3 is 10.5 Å². The maximum atomic E-state index is 5.78. The third kappa shape index (κ3) is 3.74. The number of hydrogen-bond donors (Lipinski definition) is 1. The summed E-state index contributed by atoms with van der Waals surface area (Å²) in [6, 6.07) is 7.28. The van der Waals surface area contributed by atoms with Gasteiger partial charge in [0.2, 0.25) is 0 Å². The highest BCUT2D eigenvalue weighted by Crippen LogP contribution is 2.27. The minimum atomic E-state index is 0.615. The van der Waals surface area contributed by atoms with Gasteiger partial charge in [-0.15, -0.1) is 0 Å². The lowest BCUT2D eigenvalue weighted by Gasteiger charge is -2.28. The van der Waals surface area contributed by atoms with E-state index in [4.69, 9.17) is 22.7 Å². The van der Waals surface area contributed by atoms with Crippen LogP contribution in [0.1, 0.15) is 36.8 Å². The fourth-order valence-corrected chi connectivity index (χ4v) is 3.69. The quantitative estimate of drug-likeness (QED) is 0.820. The van der Waals surface area contributed by atoms with Crippen LogP contribution in [0.5, 0.6) is 5.75 Å². The molecule has 0 spiro atoms. The summed E-state index contributed by atoms with van der Waals surface area (Å²) < 4.78 is 5.57. The van der Waals surface area contributed by atoms with Gasteiger partial charge in [0.25, 0.3) is 0 Å². The largest absolute Gasteiger partial charge is 0.493 e. The molecule has 2 N–H and O–H groups in total. The smallest absolute Gasteiger partial charge is 0.122 e. The maximum absolute atomic E-state index is 5.78. The van der Waals surface area contributed by atoms with Crippen LogP contribution < -0.4 is 10.5 Å². The van der Waals surface area contributed by atoms with E-state index in [1.54, 1.807) is 0 Å². The minimum Gasteiger partial charge on any atom is -0.493 e. The lowest BCUT2D eigenvalue weighted by atomic mass is 10.1. The minimum absolute atomic E-state index is 0.615. The number of rotatable bonds is 6. The number of hydrogen-bond acceptors (Lipinski definition) is 3. The lowest BCUT2D eigenvalue weighted by Crippen LogP contribution is -2.40. The molecule has 1 heterocycles. The first kappa shape index (κ1) is 14.8. The van der Waals surface area contributed by atoms with Gasteiger partial charge in [0, 0.05) is 25.6 Å². The van der Waals surface area contributed by atoms with Gasteiger partial charge in [-0.2, -0.15) is 0 Å². The second kappa shape index (κ2) is 6.75. The molecule has 0 saturated heterocycles. The standard InChI is InChI=1S/C17H24N2OS/c18-17(21)12-19(15-3-1-2-4-15)9-7-13-5-6-16-14(11-13)8-10-20-16/h5-6,11,15H,1-4,7-10,12H2,(H2,18,21). The summed E-state index contributed by atoms with van der Waals surface area (Å²) in [5.41, 5.74) is 8.53. The van der Waals surface area contributed by atoms with Crippen molar-refractivity contribution in [3.05, 3.63) is 29.3 Å². The summed E-state index contributed by atoms with van der Waals surface area (Å²) in [5.74, 6) is 1.06. The van der Waals surface area contributed by atoms with Crippen molar-refractivity contribution in [1.82, 2.24) is 4.90 Å². The van der Waals surface area contributed by atoms with E-state index < -0.39 is 0 Å². The van der Waals surface area contributed by atoms with Crippen LogP contribution in [0, 0.1) is 0 Å². The zero-order valence-electron chi connectivity index (χ0n) is 12.5. The molecule has 1 aliphatic carbocycles. The molecule has 3 nitrogen and oxygen atoms in total. The molecule has 2 aliphatic rings. The topological polar surface area (TPSA) is 38.5 Å². The fourth-order valence-electron chi connectivity index (χ4n) is 3.53. The predicted octanol–water partition coefficient (Wildman–Crippen LogP) is 2.69. The molecular formula is C17H24N2OS. The Morgan fingerprint density at radius 3 is 2.90 bits per heavy atom. The van der Waals surface area contributed by atoms with E-state index in [1.807, 2.05) is 0 Å². The van der Waals surface area contributed by atoms with Gasteiger partial charge in [0.05, 0.1) is 11.6 Å². The third-order valence-electron chi connectivity index (χ3n) is 4.64. The van der Waals surface area contributed by atoms with Gasteiger partial charge in [0.1, 0.15) is 5.75 Å². The molecule has 0 aromatic heterocycles. The second-order valence-corrected chi connectivity index (χ2v) is 6.69.